The Labute approximate surface area is 148 Å². The zero-order valence-electron chi connectivity index (χ0n) is 13.7. The second-order valence-corrected chi connectivity index (χ2v) is 6.46. The fourth-order valence-corrected chi connectivity index (χ4v) is 3.42. The minimum atomic E-state index is 0.675. The van der Waals surface area contributed by atoms with Crippen LogP contribution in [-0.4, -0.2) is 27.0 Å². The number of hydrogen-bond acceptors (Lipinski definition) is 7. The molecule has 25 heavy (non-hydrogen) atoms. The van der Waals surface area contributed by atoms with Crippen molar-refractivity contribution in [2.24, 2.45) is 0 Å². The van der Waals surface area contributed by atoms with Crippen molar-refractivity contribution in [2.75, 3.05) is 12.4 Å². The predicted octanol–water partition coefficient (Wildman–Crippen LogP) is 4.21. The van der Waals surface area contributed by atoms with Gasteiger partial charge < -0.3 is 10.1 Å². The number of nitrogens with zero attached hydrogens (tertiary/aromatic N) is 4. The molecule has 0 spiro atoms. The van der Waals surface area contributed by atoms with Crippen molar-refractivity contribution in [3.05, 3.63) is 54.7 Å². The maximum Gasteiger partial charge on any atom is 0.189 e. The molecule has 0 unspecified atom stereocenters. The maximum atomic E-state index is 5.37. The number of pyridine rings is 1. The number of aromatic nitrogens is 4. The zero-order chi connectivity index (χ0) is 17.2. The van der Waals surface area contributed by atoms with E-state index in [4.69, 9.17) is 4.74 Å². The topological polar surface area (TPSA) is 72.8 Å². The average molecular weight is 349 g/mol. The van der Waals surface area contributed by atoms with E-state index in [0.717, 1.165) is 37.9 Å². The van der Waals surface area contributed by atoms with Crippen LogP contribution in [0.15, 0.2) is 49.1 Å². The molecule has 4 aromatic rings. The molecule has 0 saturated heterocycles. The molecule has 0 aliphatic heterocycles. The van der Waals surface area contributed by atoms with Gasteiger partial charge in [0.25, 0.3) is 0 Å². The molecule has 0 bridgehead atoms. The van der Waals surface area contributed by atoms with Gasteiger partial charge in [-0.25, -0.2) is 9.97 Å². The highest BCUT2D eigenvalue weighted by atomic mass is 32.1. The van der Waals surface area contributed by atoms with Gasteiger partial charge in [0, 0.05) is 24.2 Å². The number of nitrogens with one attached hydrogen (secondary N) is 1. The molecule has 1 N–H and O–H groups in total. The van der Waals surface area contributed by atoms with E-state index in [1.807, 2.05) is 31.3 Å². The number of ether oxygens (including phenoxy) is 1. The molecule has 0 saturated carbocycles. The van der Waals surface area contributed by atoms with E-state index in [2.05, 4.69) is 31.3 Å². The summed E-state index contributed by atoms with van der Waals surface area (Å²) in [6.07, 6.45) is 6.81. The van der Waals surface area contributed by atoms with Crippen molar-refractivity contribution in [1.82, 2.24) is 19.9 Å². The highest BCUT2D eigenvalue weighted by molar-refractivity contribution is 7.22. The summed E-state index contributed by atoms with van der Waals surface area (Å²) in [7, 11) is 1.66. The van der Waals surface area contributed by atoms with E-state index >= 15 is 0 Å². The van der Waals surface area contributed by atoms with Crippen molar-refractivity contribution in [2.45, 2.75) is 6.92 Å². The minimum Gasteiger partial charge on any atom is -0.495 e. The molecule has 124 valence electrons. The van der Waals surface area contributed by atoms with Crippen molar-refractivity contribution >= 4 is 32.5 Å². The molecule has 0 atom stereocenters. The number of aryl methyl sites for hydroxylation is 1. The number of methoxy groups -OCH3 is 1. The first kappa shape index (κ1) is 15.5. The van der Waals surface area contributed by atoms with Gasteiger partial charge in [0.05, 0.1) is 29.2 Å². The van der Waals surface area contributed by atoms with Gasteiger partial charge in [0.2, 0.25) is 0 Å². The van der Waals surface area contributed by atoms with Gasteiger partial charge in [-0.1, -0.05) is 17.4 Å². The van der Waals surface area contributed by atoms with Gasteiger partial charge in [-0.15, -0.1) is 0 Å². The monoisotopic (exact) mass is 349 g/mol. The first-order chi connectivity index (χ1) is 12.2. The standard InChI is InChI=1S/C18H15N5OS/c1-11-15(24-2)7-13(9-21-11)12-3-4-14-16(8-12)25-18(22-14)23-17-10-19-5-6-20-17/h3-10H,1-2H3,(H,20,22,23). The summed E-state index contributed by atoms with van der Waals surface area (Å²) in [5.74, 6) is 1.46. The molecular weight excluding hydrogens is 334 g/mol. The van der Waals surface area contributed by atoms with Crippen molar-refractivity contribution in [3.63, 3.8) is 0 Å². The van der Waals surface area contributed by atoms with Gasteiger partial charge in [0.15, 0.2) is 10.9 Å². The van der Waals surface area contributed by atoms with Crippen LogP contribution in [0, 0.1) is 6.92 Å². The van der Waals surface area contributed by atoms with Crippen LogP contribution in [0.25, 0.3) is 21.3 Å². The van der Waals surface area contributed by atoms with E-state index in [0.29, 0.717) is 5.82 Å². The lowest BCUT2D eigenvalue weighted by atomic mass is 10.1. The lowest BCUT2D eigenvalue weighted by Gasteiger charge is -2.07. The number of hydrogen-bond donors (Lipinski definition) is 1. The summed E-state index contributed by atoms with van der Waals surface area (Å²) in [5, 5.41) is 3.96. The second-order valence-electron chi connectivity index (χ2n) is 5.43. The van der Waals surface area contributed by atoms with E-state index in [1.165, 1.54) is 0 Å². The summed E-state index contributed by atoms with van der Waals surface area (Å²) in [4.78, 5) is 17.2. The summed E-state index contributed by atoms with van der Waals surface area (Å²) >= 11 is 1.57. The summed E-state index contributed by atoms with van der Waals surface area (Å²) < 4.78 is 6.46. The number of anilines is 2. The molecular formula is C18H15N5OS. The lowest BCUT2D eigenvalue weighted by molar-refractivity contribution is 0.409. The van der Waals surface area contributed by atoms with Gasteiger partial charge in [-0.05, 0) is 30.7 Å². The Bertz CT molecular complexity index is 1030. The van der Waals surface area contributed by atoms with Crippen LogP contribution in [0.2, 0.25) is 0 Å². The van der Waals surface area contributed by atoms with Crippen LogP contribution in [0.4, 0.5) is 10.9 Å². The molecule has 6 nitrogen and oxygen atoms in total. The molecule has 3 heterocycles. The van der Waals surface area contributed by atoms with Crippen molar-refractivity contribution in [3.8, 4) is 16.9 Å². The minimum absolute atomic E-state index is 0.675. The predicted molar refractivity (Wildman–Crippen MR) is 99.5 cm³/mol. The molecule has 0 radical (unpaired) electrons. The van der Waals surface area contributed by atoms with E-state index in [-0.39, 0.29) is 0 Å². The van der Waals surface area contributed by atoms with E-state index in [9.17, 15) is 0 Å². The normalized spacial score (nSPS) is 10.8. The Morgan fingerprint density at radius 2 is 1.96 bits per heavy atom. The number of fused-ring (bicyclic) bond motifs is 1. The van der Waals surface area contributed by atoms with Crippen LogP contribution in [0.3, 0.4) is 0 Å². The third kappa shape index (κ3) is 3.14. The number of thiazole rings is 1. The van der Waals surface area contributed by atoms with Gasteiger partial charge >= 0.3 is 0 Å². The van der Waals surface area contributed by atoms with Crippen LogP contribution in [0.5, 0.6) is 5.75 Å². The fourth-order valence-electron chi connectivity index (χ4n) is 2.51. The Morgan fingerprint density at radius 3 is 2.76 bits per heavy atom. The Kier molecular flexibility index (Phi) is 3.99. The van der Waals surface area contributed by atoms with Gasteiger partial charge in [-0.3, -0.25) is 9.97 Å². The summed E-state index contributed by atoms with van der Waals surface area (Å²) in [5.41, 5.74) is 3.90. The van der Waals surface area contributed by atoms with Crippen LogP contribution in [0.1, 0.15) is 5.69 Å². The van der Waals surface area contributed by atoms with Gasteiger partial charge in [0.1, 0.15) is 5.75 Å². The number of rotatable bonds is 4. The van der Waals surface area contributed by atoms with E-state index < -0.39 is 0 Å². The van der Waals surface area contributed by atoms with Crippen LogP contribution in [-0.2, 0) is 0 Å². The fraction of sp³-hybridized carbons (Fsp3) is 0.111. The largest absolute Gasteiger partial charge is 0.495 e. The molecule has 3 aromatic heterocycles. The smallest absolute Gasteiger partial charge is 0.189 e. The van der Waals surface area contributed by atoms with Crippen LogP contribution >= 0.6 is 11.3 Å². The van der Waals surface area contributed by atoms with Crippen molar-refractivity contribution < 1.29 is 4.74 Å². The second kappa shape index (κ2) is 6.45. The third-order valence-electron chi connectivity index (χ3n) is 3.78. The summed E-state index contributed by atoms with van der Waals surface area (Å²) in [6.45, 7) is 1.93. The Balaban J connectivity index is 1.68. The third-order valence-corrected chi connectivity index (χ3v) is 4.71. The zero-order valence-corrected chi connectivity index (χ0v) is 14.5. The average Bonchev–Trinajstić information content (AvgIpc) is 3.04. The number of benzene rings is 1. The van der Waals surface area contributed by atoms with E-state index in [1.54, 1.807) is 37.0 Å². The first-order valence-electron chi connectivity index (χ1n) is 7.67. The molecule has 1 aromatic carbocycles. The Morgan fingerprint density at radius 1 is 1.04 bits per heavy atom. The highest BCUT2D eigenvalue weighted by Crippen LogP contribution is 2.32. The maximum absolute atomic E-state index is 5.37. The van der Waals surface area contributed by atoms with Crippen LogP contribution < -0.4 is 10.1 Å². The molecule has 0 aliphatic carbocycles. The van der Waals surface area contributed by atoms with Crippen molar-refractivity contribution in [1.29, 1.82) is 0 Å². The lowest BCUT2D eigenvalue weighted by Crippen LogP contribution is -1.92. The molecule has 7 heteroatoms. The molecule has 0 fully saturated rings. The molecule has 0 aliphatic rings. The molecule has 4 rings (SSSR count). The Hall–Kier alpha value is -3.06. The summed E-state index contributed by atoms with van der Waals surface area (Å²) in [6, 6.07) is 8.17. The quantitative estimate of drug-likeness (QED) is 0.595. The first-order valence-corrected chi connectivity index (χ1v) is 8.49. The van der Waals surface area contributed by atoms with Gasteiger partial charge in [-0.2, -0.15) is 0 Å². The molecule has 0 amide bonds. The SMILES string of the molecule is COc1cc(-c2ccc3nc(Nc4cnccn4)sc3c2)cnc1C. The highest BCUT2D eigenvalue weighted by Gasteiger charge is 2.09.